The van der Waals surface area contributed by atoms with Gasteiger partial charge in [0.15, 0.2) is 0 Å². The highest BCUT2D eigenvalue weighted by Gasteiger charge is 2.13. The molecule has 2 N–H and O–H groups in total. The molecule has 6 nitrogen and oxygen atoms in total. The fraction of sp³-hybridized carbons (Fsp3) is 0.421. The summed E-state index contributed by atoms with van der Waals surface area (Å²) in [5, 5.41) is 6.10. The predicted octanol–water partition coefficient (Wildman–Crippen LogP) is 3.54. The third-order valence-electron chi connectivity index (χ3n) is 4.49. The Labute approximate surface area is 148 Å². The minimum absolute atomic E-state index is 0.253. The average molecular weight is 339 g/mol. The number of hydrogen-bond acceptors (Lipinski definition) is 5. The van der Waals surface area contributed by atoms with Gasteiger partial charge in [-0.15, -0.1) is 0 Å². The van der Waals surface area contributed by atoms with Crippen molar-refractivity contribution in [3.8, 4) is 0 Å². The lowest BCUT2D eigenvalue weighted by Gasteiger charge is -2.17. The zero-order valence-electron chi connectivity index (χ0n) is 14.8. The highest BCUT2D eigenvalue weighted by Crippen LogP contribution is 2.22. The molecule has 0 saturated carbocycles. The first-order chi connectivity index (χ1) is 12.2. The maximum Gasteiger partial charge on any atom is 0.275 e. The van der Waals surface area contributed by atoms with Gasteiger partial charge >= 0.3 is 0 Å². The van der Waals surface area contributed by atoms with Gasteiger partial charge in [0.2, 0.25) is 0 Å². The monoisotopic (exact) mass is 339 g/mol. The van der Waals surface area contributed by atoms with Crippen molar-refractivity contribution >= 4 is 23.1 Å². The van der Waals surface area contributed by atoms with Crippen LogP contribution in [0.1, 0.15) is 43.6 Å². The van der Waals surface area contributed by atoms with Crippen LogP contribution in [0.2, 0.25) is 0 Å². The van der Waals surface area contributed by atoms with E-state index in [0.717, 1.165) is 25.2 Å². The molecule has 25 heavy (non-hydrogen) atoms. The Morgan fingerprint density at radius 1 is 1.16 bits per heavy atom. The van der Waals surface area contributed by atoms with Crippen LogP contribution in [-0.2, 0) is 0 Å². The highest BCUT2D eigenvalue weighted by atomic mass is 16.1. The lowest BCUT2D eigenvalue weighted by Crippen LogP contribution is -2.18. The Hall–Kier alpha value is -2.63. The van der Waals surface area contributed by atoms with Gasteiger partial charge < -0.3 is 15.5 Å². The first kappa shape index (κ1) is 17.2. The molecule has 1 fully saturated rings. The van der Waals surface area contributed by atoms with Gasteiger partial charge in [-0.1, -0.05) is 6.92 Å². The molecule has 3 rings (SSSR count). The summed E-state index contributed by atoms with van der Waals surface area (Å²) >= 11 is 0. The number of amides is 1. The largest absolute Gasteiger partial charge is 0.372 e. The Morgan fingerprint density at radius 2 is 1.88 bits per heavy atom. The van der Waals surface area contributed by atoms with Crippen LogP contribution in [0, 0.1) is 0 Å². The van der Waals surface area contributed by atoms with Crippen molar-refractivity contribution in [1.29, 1.82) is 0 Å². The molecule has 1 unspecified atom stereocenters. The Morgan fingerprint density at radius 3 is 2.48 bits per heavy atom. The minimum atomic E-state index is -0.253. The summed E-state index contributed by atoms with van der Waals surface area (Å²) in [6.07, 6.45) is 6.59. The normalized spacial score (nSPS) is 15.0. The second-order valence-electron chi connectivity index (χ2n) is 6.44. The molecule has 1 aliphatic heterocycles. The molecule has 0 bridgehead atoms. The van der Waals surface area contributed by atoms with E-state index < -0.39 is 0 Å². The molecule has 6 heteroatoms. The second-order valence-corrected chi connectivity index (χ2v) is 6.44. The van der Waals surface area contributed by atoms with Gasteiger partial charge in [0.1, 0.15) is 11.5 Å². The molecule has 1 amide bonds. The standard InChI is InChI=1S/C19H25N5O/c1-3-14(2)22-18-13-20-17(12-21-18)19(25)23-15-6-8-16(9-7-15)24-10-4-5-11-24/h6-9,12-14H,3-5,10-11H2,1-2H3,(H,21,22)(H,23,25). The van der Waals surface area contributed by atoms with Crippen LogP contribution in [-0.4, -0.2) is 35.0 Å². The first-order valence-corrected chi connectivity index (χ1v) is 8.90. The van der Waals surface area contributed by atoms with Crippen LogP contribution in [0.5, 0.6) is 0 Å². The molecule has 1 saturated heterocycles. The molecule has 2 aromatic rings. The quantitative estimate of drug-likeness (QED) is 0.842. The lowest BCUT2D eigenvalue weighted by molar-refractivity contribution is 0.102. The van der Waals surface area contributed by atoms with E-state index in [-0.39, 0.29) is 5.91 Å². The Balaban J connectivity index is 1.59. The van der Waals surface area contributed by atoms with E-state index >= 15 is 0 Å². The average Bonchev–Trinajstić information content (AvgIpc) is 3.17. The minimum Gasteiger partial charge on any atom is -0.372 e. The molecule has 0 radical (unpaired) electrons. The van der Waals surface area contributed by atoms with Crippen molar-refractivity contribution in [3.05, 3.63) is 42.4 Å². The van der Waals surface area contributed by atoms with Crippen molar-refractivity contribution in [2.45, 2.75) is 39.2 Å². The predicted molar refractivity (Wildman–Crippen MR) is 101 cm³/mol. The summed E-state index contributed by atoms with van der Waals surface area (Å²) in [6.45, 7) is 6.40. The van der Waals surface area contributed by atoms with Gasteiger partial charge in [-0.05, 0) is 50.5 Å². The number of benzene rings is 1. The Kier molecular flexibility index (Phi) is 5.48. The maximum atomic E-state index is 12.3. The van der Waals surface area contributed by atoms with E-state index in [9.17, 15) is 4.79 Å². The SMILES string of the molecule is CCC(C)Nc1cnc(C(=O)Nc2ccc(N3CCCC3)cc2)cn1. The molecule has 132 valence electrons. The van der Waals surface area contributed by atoms with E-state index in [1.807, 2.05) is 24.3 Å². The van der Waals surface area contributed by atoms with Gasteiger partial charge in [-0.25, -0.2) is 9.97 Å². The first-order valence-electron chi connectivity index (χ1n) is 8.90. The Bertz CT molecular complexity index is 693. The van der Waals surface area contributed by atoms with Crippen LogP contribution in [0.3, 0.4) is 0 Å². The van der Waals surface area contributed by atoms with Crippen molar-refractivity contribution in [2.24, 2.45) is 0 Å². The van der Waals surface area contributed by atoms with Crippen molar-refractivity contribution in [2.75, 3.05) is 28.6 Å². The number of carbonyl (C=O) groups excluding carboxylic acids is 1. The van der Waals surface area contributed by atoms with Gasteiger partial charge in [0, 0.05) is 30.5 Å². The number of carbonyl (C=O) groups is 1. The third-order valence-corrected chi connectivity index (χ3v) is 4.49. The summed E-state index contributed by atoms with van der Waals surface area (Å²) in [7, 11) is 0. The van der Waals surface area contributed by atoms with Crippen LogP contribution in [0.4, 0.5) is 17.2 Å². The fourth-order valence-corrected chi connectivity index (χ4v) is 2.80. The van der Waals surface area contributed by atoms with Crippen molar-refractivity contribution in [1.82, 2.24) is 9.97 Å². The molecule has 0 spiro atoms. The summed E-state index contributed by atoms with van der Waals surface area (Å²) in [5.74, 6) is 0.428. The zero-order chi connectivity index (χ0) is 17.6. The third kappa shape index (κ3) is 4.47. The molecular weight excluding hydrogens is 314 g/mol. The van der Waals surface area contributed by atoms with E-state index in [0.29, 0.717) is 17.6 Å². The molecule has 1 aromatic carbocycles. The summed E-state index contributed by atoms with van der Waals surface area (Å²) in [5.41, 5.74) is 2.27. The van der Waals surface area contributed by atoms with E-state index in [1.165, 1.54) is 24.7 Å². The van der Waals surface area contributed by atoms with E-state index in [1.54, 1.807) is 6.20 Å². The zero-order valence-corrected chi connectivity index (χ0v) is 14.8. The molecule has 1 aliphatic rings. The highest BCUT2D eigenvalue weighted by molar-refractivity contribution is 6.02. The molecule has 2 heterocycles. The summed E-state index contributed by atoms with van der Waals surface area (Å²) in [6, 6.07) is 8.27. The lowest BCUT2D eigenvalue weighted by atomic mass is 10.2. The smallest absolute Gasteiger partial charge is 0.275 e. The topological polar surface area (TPSA) is 70.2 Å². The number of hydrogen-bond donors (Lipinski definition) is 2. The number of nitrogens with zero attached hydrogens (tertiary/aromatic N) is 3. The van der Waals surface area contributed by atoms with Crippen molar-refractivity contribution < 1.29 is 4.79 Å². The number of anilines is 3. The summed E-state index contributed by atoms with van der Waals surface area (Å²) in [4.78, 5) is 23.1. The van der Waals surface area contributed by atoms with Gasteiger partial charge in [-0.2, -0.15) is 0 Å². The fourth-order valence-electron chi connectivity index (χ4n) is 2.80. The number of nitrogens with one attached hydrogen (secondary N) is 2. The van der Waals surface area contributed by atoms with Crippen molar-refractivity contribution in [3.63, 3.8) is 0 Å². The molecule has 0 aliphatic carbocycles. The number of aromatic nitrogens is 2. The van der Waals surface area contributed by atoms with Gasteiger partial charge in [-0.3, -0.25) is 4.79 Å². The van der Waals surface area contributed by atoms with Crippen LogP contribution in [0.25, 0.3) is 0 Å². The summed E-state index contributed by atoms with van der Waals surface area (Å²) < 4.78 is 0. The second kappa shape index (κ2) is 7.96. The van der Waals surface area contributed by atoms with Gasteiger partial charge in [0.25, 0.3) is 5.91 Å². The maximum absolute atomic E-state index is 12.3. The number of rotatable bonds is 6. The molecule has 1 aromatic heterocycles. The molecule has 1 atom stereocenters. The molecular formula is C19H25N5O. The van der Waals surface area contributed by atoms with E-state index in [2.05, 4.69) is 39.3 Å². The van der Waals surface area contributed by atoms with E-state index in [4.69, 9.17) is 0 Å². The van der Waals surface area contributed by atoms with Gasteiger partial charge in [0.05, 0.1) is 12.4 Å². The van der Waals surface area contributed by atoms with Crippen LogP contribution in [0.15, 0.2) is 36.7 Å². The van der Waals surface area contributed by atoms with Crippen LogP contribution >= 0.6 is 0 Å². The van der Waals surface area contributed by atoms with Crippen LogP contribution < -0.4 is 15.5 Å².